The van der Waals surface area contributed by atoms with Gasteiger partial charge in [-0.3, -0.25) is 4.79 Å². The maximum Gasteiger partial charge on any atom is 0.270 e. The van der Waals surface area contributed by atoms with Gasteiger partial charge in [-0.25, -0.2) is 9.97 Å². The number of anilines is 2. The lowest BCUT2D eigenvalue weighted by Crippen LogP contribution is -2.27. The normalized spacial score (nSPS) is 10.4. The number of benzene rings is 2. The van der Waals surface area contributed by atoms with E-state index in [0.29, 0.717) is 34.7 Å². The van der Waals surface area contributed by atoms with Gasteiger partial charge in [-0.05, 0) is 37.1 Å². The summed E-state index contributed by atoms with van der Waals surface area (Å²) in [6.45, 7) is 2.27. The summed E-state index contributed by atoms with van der Waals surface area (Å²) in [5.41, 5.74) is 2.21. The molecule has 0 aliphatic carbocycles. The quantitative estimate of drug-likeness (QED) is 0.627. The van der Waals surface area contributed by atoms with Crippen LogP contribution in [0.2, 0.25) is 5.02 Å². The highest BCUT2D eigenvalue weighted by Crippen LogP contribution is 2.28. The number of carbonyl (C=O) groups excluding carboxylic acids is 1. The van der Waals surface area contributed by atoms with Crippen molar-refractivity contribution in [1.82, 2.24) is 15.3 Å². The van der Waals surface area contributed by atoms with Gasteiger partial charge in [-0.1, -0.05) is 41.9 Å². The Morgan fingerprint density at radius 2 is 1.89 bits per heavy atom. The second-order valence-corrected chi connectivity index (χ2v) is 6.56. The Kier molecular flexibility index (Phi) is 6.45. The first-order valence-electron chi connectivity index (χ1n) is 8.83. The average Bonchev–Trinajstić information content (AvgIpc) is 2.68. The summed E-state index contributed by atoms with van der Waals surface area (Å²) in [5.74, 6) is 1.36. The fraction of sp³-hybridized carbons (Fsp3) is 0.190. The Labute approximate surface area is 168 Å². The van der Waals surface area contributed by atoms with Crippen LogP contribution >= 0.6 is 11.6 Å². The molecule has 144 valence electrons. The fourth-order valence-electron chi connectivity index (χ4n) is 2.70. The van der Waals surface area contributed by atoms with Gasteiger partial charge in [0, 0.05) is 18.3 Å². The monoisotopic (exact) mass is 396 g/mol. The molecular formula is C21H21ClN4O2. The van der Waals surface area contributed by atoms with Crippen LogP contribution in [-0.4, -0.2) is 29.5 Å². The zero-order valence-electron chi connectivity index (χ0n) is 15.7. The van der Waals surface area contributed by atoms with Gasteiger partial charge in [0.15, 0.2) is 0 Å². The average molecular weight is 397 g/mol. The zero-order valence-corrected chi connectivity index (χ0v) is 16.5. The number of hydrogen-bond acceptors (Lipinski definition) is 5. The Morgan fingerprint density at radius 1 is 1.11 bits per heavy atom. The molecule has 2 aromatic carbocycles. The summed E-state index contributed by atoms with van der Waals surface area (Å²) in [7, 11) is 1.56. The van der Waals surface area contributed by atoms with E-state index < -0.39 is 0 Å². The Balaban J connectivity index is 1.66. The van der Waals surface area contributed by atoms with E-state index in [1.807, 2.05) is 36.4 Å². The molecule has 0 spiro atoms. The van der Waals surface area contributed by atoms with Crippen LogP contribution in [0.1, 0.15) is 21.9 Å². The number of hydrogen-bond donors (Lipinski definition) is 2. The topological polar surface area (TPSA) is 76.1 Å². The van der Waals surface area contributed by atoms with Crippen LogP contribution in [-0.2, 0) is 6.42 Å². The number of halogens is 1. The molecule has 0 aliphatic rings. The third kappa shape index (κ3) is 5.20. The van der Waals surface area contributed by atoms with Crippen molar-refractivity contribution in [1.29, 1.82) is 0 Å². The van der Waals surface area contributed by atoms with Gasteiger partial charge in [0.1, 0.15) is 23.1 Å². The van der Waals surface area contributed by atoms with Crippen molar-refractivity contribution in [3.05, 3.63) is 76.7 Å². The van der Waals surface area contributed by atoms with Gasteiger partial charge in [0.2, 0.25) is 0 Å². The van der Waals surface area contributed by atoms with Crippen molar-refractivity contribution in [2.75, 3.05) is 19.0 Å². The number of ether oxygens (including phenoxy) is 1. The van der Waals surface area contributed by atoms with E-state index >= 15 is 0 Å². The molecule has 28 heavy (non-hydrogen) atoms. The van der Waals surface area contributed by atoms with Crippen LogP contribution in [0.5, 0.6) is 5.75 Å². The molecule has 0 unspecified atom stereocenters. The predicted molar refractivity (Wildman–Crippen MR) is 111 cm³/mol. The maximum absolute atomic E-state index is 12.5. The minimum absolute atomic E-state index is 0.239. The van der Waals surface area contributed by atoms with E-state index in [1.54, 1.807) is 32.2 Å². The highest BCUT2D eigenvalue weighted by atomic mass is 35.5. The van der Waals surface area contributed by atoms with E-state index in [0.717, 1.165) is 12.1 Å². The van der Waals surface area contributed by atoms with Crippen molar-refractivity contribution in [2.45, 2.75) is 13.3 Å². The Hall–Kier alpha value is -3.12. The summed E-state index contributed by atoms with van der Waals surface area (Å²) < 4.78 is 5.15. The van der Waals surface area contributed by atoms with Gasteiger partial charge >= 0.3 is 0 Å². The van der Waals surface area contributed by atoms with Crippen LogP contribution in [0.3, 0.4) is 0 Å². The second-order valence-electron chi connectivity index (χ2n) is 6.15. The molecule has 1 aromatic heterocycles. The van der Waals surface area contributed by atoms with Crippen LogP contribution < -0.4 is 15.4 Å². The van der Waals surface area contributed by atoms with Gasteiger partial charge in [0.05, 0.1) is 12.1 Å². The molecular weight excluding hydrogens is 376 g/mol. The van der Waals surface area contributed by atoms with E-state index in [9.17, 15) is 4.79 Å². The van der Waals surface area contributed by atoms with Gasteiger partial charge in [-0.2, -0.15) is 0 Å². The molecule has 0 fully saturated rings. The molecule has 7 heteroatoms. The number of aryl methyl sites for hydroxylation is 1. The first kappa shape index (κ1) is 19.6. The van der Waals surface area contributed by atoms with Gasteiger partial charge in [0.25, 0.3) is 5.91 Å². The van der Waals surface area contributed by atoms with Crippen LogP contribution in [0, 0.1) is 6.92 Å². The van der Waals surface area contributed by atoms with Crippen molar-refractivity contribution >= 4 is 29.0 Å². The first-order valence-corrected chi connectivity index (χ1v) is 9.21. The van der Waals surface area contributed by atoms with E-state index in [4.69, 9.17) is 16.3 Å². The lowest BCUT2D eigenvalue weighted by atomic mass is 10.1. The van der Waals surface area contributed by atoms with Gasteiger partial charge in [-0.15, -0.1) is 0 Å². The lowest BCUT2D eigenvalue weighted by molar-refractivity contribution is 0.0949. The lowest BCUT2D eigenvalue weighted by Gasteiger charge is -2.10. The molecule has 6 nitrogen and oxygen atoms in total. The summed E-state index contributed by atoms with van der Waals surface area (Å²) in [4.78, 5) is 21.0. The number of amides is 1. The SMILES string of the molecule is COc1ccc(Nc2cc(C(=O)NCCc3ccccc3)nc(C)n2)cc1Cl. The summed E-state index contributed by atoms with van der Waals surface area (Å²) in [6.07, 6.45) is 0.756. The van der Waals surface area contributed by atoms with Crippen molar-refractivity contribution in [2.24, 2.45) is 0 Å². The molecule has 0 saturated carbocycles. The van der Waals surface area contributed by atoms with E-state index in [2.05, 4.69) is 20.6 Å². The summed E-state index contributed by atoms with van der Waals surface area (Å²) >= 11 is 6.15. The van der Waals surface area contributed by atoms with Crippen molar-refractivity contribution in [3.8, 4) is 5.75 Å². The number of aromatic nitrogens is 2. The first-order chi connectivity index (χ1) is 13.5. The molecule has 0 atom stereocenters. The molecule has 1 heterocycles. The summed E-state index contributed by atoms with van der Waals surface area (Å²) in [5, 5.41) is 6.52. The Morgan fingerprint density at radius 3 is 2.61 bits per heavy atom. The molecule has 3 aromatic rings. The second kappa shape index (κ2) is 9.19. The molecule has 3 rings (SSSR count). The predicted octanol–water partition coefficient (Wildman–Crippen LogP) is 4.16. The summed E-state index contributed by atoms with van der Waals surface area (Å²) in [6, 6.07) is 16.9. The van der Waals surface area contributed by atoms with Crippen LogP contribution in [0.4, 0.5) is 11.5 Å². The number of carbonyl (C=O) groups is 1. The highest BCUT2D eigenvalue weighted by Gasteiger charge is 2.11. The molecule has 0 saturated heterocycles. The molecule has 2 N–H and O–H groups in total. The molecule has 0 radical (unpaired) electrons. The smallest absolute Gasteiger partial charge is 0.270 e. The molecule has 0 bridgehead atoms. The van der Waals surface area contributed by atoms with E-state index in [1.165, 1.54) is 5.56 Å². The van der Waals surface area contributed by atoms with Crippen LogP contribution in [0.15, 0.2) is 54.6 Å². The standard InChI is InChI=1S/C21H21ClN4O2/c1-14-24-18(21(27)23-11-10-15-6-4-3-5-7-15)13-20(25-14)26-16-8-9-19(28-2)17(22)12-16/h3-9,12-13H,10-11H2,1-2H3,(H,23,27)(H,24,25,26). The third-order valence-electron chi connectivity index (χ3n) is 4.04. The Bertz CT molecular complexity index is 964. The molecule has 1 amide bonds. The maximum atomic E-state index is 12.5. The van der Waals surface area contributed by atoms with Crippen molar-refractivity contribution < 1.29 is 9.53 Å². The minimum Gasteiger partial charge on any atom is -0.495 e. The van der Waals surface area contributed by atoms with Crippen LogP contribution in [0.25, 0.3) is 0 Å². The zero-order chi connectivity index (χ0) is 19.9. The molecule has 0 aliphatic heterocycles. The number of nitrogens with zero attached hydrogens (tertiary/aromatic N) is 2. The minimum atomic E-state index is -0.239. The fourth-order valence-corrected chi connectivity index (χ4v) is 2.95. The number of methoxy groups -OCH3 is 1. The third-order valence-corrected chi connectivity index (χ3v) is 4.33. The van der Waals surface area contributed by atoms with Gasteiger partial charge < -0.3 is 15.4 Å². The highest BCUT2D eigenvalue weighted by molar-refractivity contribution is 6.32. The van der Waals surface area contributed by atoms with Crippen molar-refractivity contribution in [3.63, 3.8) is 0 Å². The van der Waals surface area contributed by atoms with E-state index in [-0.39, 0.29) is 5.91 Å². The largest absolute Gasteiger partial charge is 0.495 e. The number of rotatable bonds is 7. The number of nitrogens with one attached hydrogen (secondary N) is 2.